The summed E-state index contributed by atoms with van der Waals surface area (Å²) in [7, 11) is -2.05. The molecule has 0 radical (unpaired) electrons. The van der Waals surface area contributed by atoms with Gasteiger partial charge >= 0.3 is 0 Å². The van der Waals surface area contributed by atoms with Crippen LogP contribution in [0.4, 0.5) is 5.69 Å². The molecule has 1 amide bonds. The van der Waals surface area contributed by atoms with E-state index in [0.29, 0.717) is 30.3 Å². The molecule has 0 saturated carbocycles. The normalized spacial score (nSPS) is 16.0. The number of amides is 1. The number of nitrogens with zero attached hydrogens (tertiary/aromatic N) is 1. The van der Waals surface area contributed by atoms with Crippen LogP contribution in [-0.4, -0.2) is 52.1 Å². The molecule has 3 N–H and O–H groups in total. The van der Waals surface area contributed by atoms with Gasteiger partial charge in [-0.25, -0.2) is 13.6 Å². The van der Waals surface area contributed by atoms with Gasteiger partial charge in [0.05, 0.1) is 11.4 Å². The van der Waals surface area contributed by atoms with Gasteiger partial charge in [-0.2, -0.15) is 0 Å². The zero-order valence-electron chi connectivity index (χ0n) is 16.6. The number of nitrogens with one attached hydrogen (secondary N) is 1. The van der Waals surface area contributed by atoms with Gasteiger partial charge in [0.2, 0.25) is 15.9 Å². The summed E-state index contributed by atoms with van der Waals surface area (Å²) in [4.78, 5) is 14.3. The average Bonchev–Trinajstić information content (AvgIpc) is 2.64. The second-order valence-corrected chi connectivity index (χ2v) is 8.76. The Morgan fingerprint density at radius 3 is 2.62 bits per heavy atom. The first-order valence-corrected chi connectivity index (χ1v) is 10.7. The van der Waals surface area contributed by atoms with Crippen molar-refractivity contribution in [3.8, 4) is 11.5 Å². The highest BCUT2D eigenvalue weighted by Crippen LogP contribution is 2.31. The molecule has 0 unspecified atom stereocenters. The number of fused-ring (bicyclic) bond motifs is 1. The Kier molecular flexibility index (Phi) is 6.11. The molecule has 1 aliphatic heterocycles. The van der Waals surface area contributed by atoms with Gasteiger partial charge in [-0.15, -0.1) is 0 Å². The van der Waals surface area contributed by atoms with Crippen LogP contribution in [0.3, 0.4) is 0 Å². The quantitative estimate of drug-likeness (QED) is 0.737. The van der Waals surface area contributed by atoms with Crippen molar-refractivity contribution in [3.63, 3.8) is 0 Å². The number of anilines is 1. The molecular weight excluding hydrogens is 394 g/mol. The molecule has 0 spiro atoms. The second-order valence-electron chi connectivity index (χ2n) is 7.20. The molecule has 8 nitrogen and oxygen atoms in total. The molecule has 1 aliphatic rings. The predicted molar refractivity (Wildman–Crippen MR) is 110 cm³/mol. The molecule has 9 heteroatoms. The van der Waals surface area contributed by atoms with Crippen LogP contribution in [0.1, 0.15) is 11.1 Å². The van der Waals surface area contributed by atoms with Crippen LogP contribution in [0.2, 0.25) is 0 Å². The number of nitrogens with two attached hydrogens (primary N) is 1. The molecule has 2 aromatic rings. The molecule has 29 heavy (non-hydrogen) atoms. The fourth-order valence-corrected chi connectivity index (χ4v) is 3.74. The SMILES string of the molecule is Cc1cc(S(N)(=O)=O)cc(NC(=O)CN(C)C[C@H]2COc3ccccc3O2)c1C. The zero-order chi connectivity index (χ0) is 21.2. The number of carbonyl (C=O) groups excluding carboxylic acids is 1. The van der Waals surface area contributed by atoms with Crippen molar-refractivity contribution in [2.75, 3.05) is 32.1 Å². The standard InChI is InChI=1S/C20H25N3O5S/c1-13-8-16(29(21,25)26)9-17(14(13)2)22-20(24)11-23(3)10-15-12-27-18-6-4-5-7-19(18)28-15/h4-9,15H,10-12H2,1-3H3,(H,22,24)(H2,21,25,26)/t15-/m0/s1. The lowest BCUT2D eigenvalue weighted by Crippen LogP contribution is -2.42. The molecule has 0 aromatic heterocycles. The summed E-state index contributed by atoms with van der Waals surface area (Å²) in [6.07, 6.45) is -0.197. The number of likely N-dealkylation sites (N-methyl/N-ethyl adjacent to an activating group) is 1. The van der Waals surface area contributed by atoms with Crippen molar-refractivity contribution >= 4 is 21.6 Å². The summed E-state index contributed by atoms with van der Waals surface area (Å²) in [5, 5.41) is 7.99. The lowest BCUT2D eigenvalue weighted by molar-refractivity contribution is -0.117. The van der Waals surface area contributed by atoms with Gasteiger partial charge in [0, 0.05) is 12.2 Å². The number of rotatable bonds is 6. The number of hydrogen-bond donors (Lipinski definition) is 2. The monoisotopic (exact) mass is 419 g/mol. The molecule has 0 aliphatic carbocycles. The van der Waals surface area contributed by atoms with E-state index in [9.17, 15) is 13.2 Å². The van der Waals surface area contributed by atoms with Crippen molar-refractivity contribution in [2.24, 2.45) is 5.14 Å². The topological polar surface area (TPSA) is 111 Å². The highest BCUT2D eigenvalue weighted by molar-refractivity contribution is 7.89. The zero-order valence-corrected chi connectivity index (χ0v) is 17.5. The third-order valence-electron chi connectivity index (χ3n) is 4.74. The largest absolute Gasteiger partial charge is 0.486 e. The van der Waals surface area contributed by atoms with E-state index in [0.717, 1.165) is 11.1 Å². The molecule has 2 aromatic carbocycles. The van der Waals surface area contributed by atoms with Crippen molar-refractivity contribution in [2.45, 2.75) is 24.8 Å². The maximum Gasteiger partial charge on any atom is 0.238 e. The van der Waals surface area contributed by atoms with Crippen molar-refractivity contribution in [1.29, 1.82) is 0 Å². The lowest BCUT2D eigenvalue weighted by Gasteiger charge is -2.29. The summed E-state index contributed by atoms with van der Waals surface area (Å²) >= 11 is 0. The molecule has 0 saturated heterocycles. The Bertz CT molecular complexity index is 1020. The first-order chi connectivity index (χ1) is 13.6. The molecule has 1 atom stereocenters. The summed E-state index contributed by atoms with van der Waals surface area (Å²) < 4.78 is 34.9. The number of hydrogen-bond acceptors (Lipinski definition) is 6. The van der Waals surface area contributed by atoms with Gasteiger partial charge in [0.25, 0.3) is 0 Å². The first-order valence-electron chi connectivity index (χ1n) is 9.14. The van der Waals surface area contributed by atoms with E-state index in [1.54, 1.807) is 6.92 Å². The van der Waals surface area contributed by atoms with Gasteiger partial charge in [0.15, 0.2) is 11.5 Å². The summed E-state index contributed by atoms with van der Waals surface area (Å²) in [5.41, 5.74) is 1.94. The number of sulfonamides is 1. The van der Waals surface area contributed by atoms with E-state index in [1.807, 2.05) is 43.1 Å². The minimum atomic E-state index is -3.86. The van der Waals surface area contributed by atoms with E-state index in [1.165, 1.54) is 12.1 Å². The number of carbonyl (C=O) groups is 1. The molecule has 156 valence electrons. The predicted octanol–water partition coefficient (Wildman–Crippen LogP) is 1.66. The fraction of sp³-hybridized carbons (Fsp3) is 0.350. The summed E-state index contributed by atoms with van der Waals surface area (Å²) in [6, 6.07) is 10.3. The second kappa shape index (κ2) is 8.40. The highest BCUT2D eigenvalue weighted by atomic mass is 32.2. The first kappa shape index (κ1) is 21.1. The van der Waals surface area contributed by atoms with Crippen LogP contribution < -0.4 is 19.9 Å². The number of aryl methyl sites for hydroxylation is 1. The molecule has 0 bridgehead atoms. The van der Waals surface area contributed by atoms with Gasteiger partial charge in [0.1, 0.15) is 12.7 Å². The van der Waals surface area contributed by atoms with Crippen LogP contribution >= 0.6 is 0 Å². The van der Waals surface area contributed by atoms with Crippen LogP contribution in [0.25, 0.3) is 0 Å². The number of para-hydroxylation sites is 2. The average molecular weight is 420 g/mol. The van der Waals surface area contributed by atoms with Crippen molar-refractivity contribution < 1.29 is 22.7 Å². The van der Waals surface area contributed by atoms with Gasteiger partial charge < -0.3 is 14.8 Å². The van der Waals surface area contributed by atoms with Crippen LogP contribution in [0.15, 0.2) is 41.3 Å². The molecule has 3 rings (SSSR count). The Labute approximate surface area is 170 Å². The summed E-state index contributed by atoms with van der Waals surface area (Å²) in [6.45, 7) is 4.59. The molecule has 0 fully saturated rings. The highest BCUT2D eigenvalue weighted by Gasteiger charge is 2.23. The maximum atomic E-state index is 12.5. The number of ether oxygens (including phenoxy) is 2. The van der Waals surface area contributed by atoms with Gasteiger partial charge in [-0.3, -0.25) is 9.69 Å². The Morgan fingerprint density at radius 1 is 1.24 bits per heavy atom. The minimum absolute atomic E-state index is 0.0318. The number of primary sulfonamides is 1. The van der Waals surface area contributed by atoms with E-state index in [2.05, 4.69) is 5.32 Å². The third kappa shape index (κ3) is 5.26. The minimum Gasteiger partial charge on any atom is -0.486 e. The number of benzene rings is 2. The fourth-order valence-electron chi connectivity index (χ4n) is 3.12. The smallest absolute Gasteiger partial charge is 0.238 e. The Morgan fingerprint density at radius 2 is 1.93 bits per heavy atom. The van der Waals surface area contributed by atoms with Crippen LogP contribution in [0, 0.1) is 13.8 Å². The van der Waals surface area contributed by atoms with Gasteiger partial charge in [-0.05, 0) is 56.3 Å². The van der Waals surface area contributed by atoms with Crippen molar-refractivity contribution in [1.82, 2.24) is 4.90 Å². The lowest BCUT2D eigenvalue weighted by atomic mass is 10.1. The summed E-state index contributed by atoms with van der Waals surface area (Å²) in [5.74, 6) is 1.14. The van der Waals surface area contributed by atoms with Crippen LogP contribution in [0.5, 0.6) is 11.5 Å². The van der Waals surface area contributed by atoms with E-state index < -0.39 is 10.0 Å². The van der Waals surface area contributed by atoms with E-state index >= 15 is 0 Å². The van der Waals surface area contributed by atoms with E-state index in [4.69, 9.17) is 14.6 Å². The Balaban J connectivity index is 1.60. The van der Waals surface area contributed by atoms with E-state index in [-0.39, 0.29) is 23.5 Å². The third-order valence-corrected chi connectivity index (χ3v) is 5.63. The van der Waals surface area contributed by atoms with Crippen molar-refractivity contribution in [3.05, 3.63) is 47.5 Å². The maximum absolute atomic E-state index is 12.5. The molecular formula is C20H25N3O5S. The van der Waals surface area contributed by atoms with Gasteiger partial charge in [-0.1, -0.05) is 12.1 Å². The Hall–Kier alpha value is -2.62. The van der Waals surface area contributed by atoms with Crippen LogP contribution in [-0.2, 0) is 14.8 Å². The molecule has 1 heterocycles.